The van der Waals surface area contributed by atoms with Crippen LogP contribution in [0.15, 0.2) is 24.3 Å². The van der Waals surface area contributed by atoms with E-state index in [0.29, 0.717) is 23.2 Å². The summed E-state index contributed by atoms with van der Waals surface area (Å²) in [4.78, 5) is 13.6. The number of ether oxygens (including phenoxy) is 1. The number of Topliss-reactive ketones (excluding diaryl/α,β-unsaturated/α-hetero) is 1. The maximum atomic E-state index is 11.1. The predicted molar refractivity (Wildman–Crippen MR) is 121 cm³/mol. The Morgan fingerprint density at radius 2 is 1.62 bits per heavy atom. The molecule has 0 bridgehead atoms. The van der Waals surface area contributed by atoms with E-state index in [9.17, 15) is 4.79 Å². The Labute approximate surface area is 178 Å². The third-order valence-corrected chi connectivity index (χ3v) is 7.14. The Morgan fingerprint density at radius 1 is 1.00 bits per heavy atom. The van der Waals surface area contributed by atoms with Crippen LogP contribution >= 0.6 is 0 Å². The molecule has 1 aliphatic carbocycles. The monoisotopic (exact) mass is 399 g/mol. The van der Waals surface area contributed by atoms with E-state index in [0.717, 1.165) is 44.1 Å². The molecule has 0 aromatic heterocycles. The highest BCUT2D eigenvalue weighted by atomic mass is 16.5. The molecule has 3 heteroatoms. The van der Waals surface area contributed by atoms with E-state index in [1.54, 1.807) is 6.92 Å². The molecule has 1 saturated heterocycles. The summed E-state index contributed by atoms with van der Waals surface area (Å²) < 4.78 is 6.30. The number of ketones is 1. The Kier molecular flexibility index (Phi) is 7.79. The van der Waals surface area contributed by atoms with Crippen LogP contribution in [0.1, 0.15) is 90.5 Å². The van der Waals surface area contributed by atoms with Crippen LogP contribution in [0.5, 0.6) is 5.75 Å². The molecule has 0 atom stereocenters. The lowest BCUT2D eigenvalue weighted by atomic mass is 9.72. The zero-order valence-electron chi connectivity index (χ0n) is 19.1. The highest BCUT2D eigenvalue weighted by Crippen LogP contribution is 2.39. The van der Waals surface area contributed by atoms with Gasteiger partial charge in [-0.25, -0.2) is 0 Å². The van der Waals surface area contributed by atoms with Crippen LogP contribution in [-0.2, 0) is 4.79 Å². The van der Waals surface area contributed by atoms with Crippen molar-refractivity contribution in [3.63, 3.8) is 0 Å². The molecule has 1 aliphatic heterocycles. The smallest absolute Gasteiger partial charge is 0.129 e. The Balaban J connectivity index is 1.41. The lowest BCUT2D eigenvalue weighted by Crippen LogP contribution is -2.33. The van der Waals surface area contributed by atoms with Crippen molar-refractivity contribution in [2.75, 3.05) is 19.6 Å². The van der Waals surface area contributed by atoms with E-state index in [-0.39, 0.29) is 0 Å². The molecule has 162 valence electrons. The highest BCUT2D eigenvalue weighted by Gasteiger charge is 2.30. The molecule has 3 nitrogen and oxygen atoms in total. The molecule has 1 saturated carbocycles. The lowest BCUT2D eigenvalue weighted by Gasteiger charge is -2.37. The first kappa shape index (κ1) is 22.3. The minimum absolute atomic E-state index is 0.310. The van der Waals surface area contributed by atoms with E-state index >= 15 is 0 Å². The summed E-state index contributed by atoms with van der Waals surface area (Å²) in [6.07, 6.45) is 9.50. The quantitative estimate of drug-likeness (QED) is 0.545. The molecular weight excluding hydrogens is 358 g/mol. The molecule has 29 heavy (non-hydrogen) atoms. The SMILES string of the molecule is CC(=O)CCCN1CCC(c2ccc(O[C@H]3CC[C@H](C(C)(C)C)CC3)cc2)CC1. The van der Waals surface area contributed by atoms with E-state index in [1.165, 1.54) is 44.1 Å². The average molecular weight is 400 g/mol. The number of hydrogen-bond acceptors (Lipinski definition) is 3. The lowest BCUT2D eigenvalue weighted by molar-refractivity contribution is -0.117. The molecule has 1 aromatic carbocycles. The van der Waals surface area contributed by atoms with Gasteiger partial charge < -0.3 is 14.4 Å². The summed E-state index contributed by atoms with van der Waals surface area (Å²) in [6, 6.07) is 8.94. The number of carbonyl (C=O) groups excluding carboxylic acids is 1. The summed E-state index contributed by atoms with van der Waals surface area (Å²) in [6.45, 7) is 12.2. The summed E-state index contributed by atoms with van der Waals surface area (Å²) in [5.41, 5.74) is 1.88. The van der Waals surface area contributed by atoms with Crippen LogP contribution in [0.4, 0.5) is 0 Å². The number of piperidine rings is 1. The molecule has 1 aromatic rings. The van der Waals surface area contributed by atoms with Crippen LogP contribution in [0.25, 0.3) is 0 Å². The molecule has 0 radical (unpaired) electrons. The number of carbonyl (C=O) groups is 1. The standard InChI is InChI=1S/C26H41NO2/c1-20(28)6-5-17-27-18-15-22(16-19-27)21-7-11-24(12-8-21)29-25-13-9-23(10-14-25)26(2,3)4/h7-8,11-12,22-23,25H,5-6,9-10,13-19H2,1-4H3/t23-,25-. The van der Waals surface area contributed by atoms with Gasteiger partial charge in [0, 0.05) is 6.42 Å². The Hall–Kier alpha value is -1.35. The van der Waals surface area contributed by atoms with Crippen LogP contribution in [-0.4, -0.2) is 36.4 Å². The predicted octanol–water partition coefficient (Wildman–Crippen LogP) is 6.22. The normalized spacial score (nSPS) is 24.4. The van der Waals surface area contributed by atoms with E-state index in [4.69, 9.17) is 4.74 Å². The van der Waals surface area contributed by atoms with Gasteiger partial charge in [-0.3, -0.25) is 0 Å². The van der Waals surface area contributed by atoms with Crippen molar-refractivity contribution in [3.05, 3.63) is 29.8 Å². The zero-order valence-corrected chi connectivity index (χ0v) is 19.1. The molecular formula is C26H41NO2. The molecule has 2 fully saturated rings. The minimum atomic E-state index is 0.310. The van der Waals surface area contributed by atoms with Crippen molar-refractivity contribution >= 4 is 5.78 Å². The van der Waals surface area contributed by atoms with Gasteiger partial charge in [-0.05, 0) is 106 Å². The Bertz CT molecular complexity index is 630. The van der Waals surface area contributed by atoms with Gasteiger partial charge in [0.05, 0.1) is 6.10 Å². The Morgan fingerprint density at radius 3 is 2.17 bits per heavy atom. The molecule has 2 aliphatic rings. The number of nitrogens with zero attached hydrogens (tertiary/aromatic N) is 1. The second kappa shape index (κ2) is 10.1. The fourth-order valence-electron chi connectivity index (χ4n) is 5.10. The van der Waals surface area contributed by atoms with Crippen molar-refractivity contribution in [3.8, 4) is 5.75 Å². The third kappa shape index (κ3) is 6.84. The average Bonchev–Trinajstić information content (AvgIpc) is 2.69. The first-order valence-electron chi connectivity index (χ1n) is 11.8. The van der Waals surface area contributed by atoms with Gasteiger partial charge in [0.2, 0.25) is 0 Å². The van der Waals surface area contributed by atoms with E-state index in [1.807, 2.05) is 0 Å². The van der Waals surface area contributed by atoms with Gasteiger partial charge >= 0.3 is 0 Å². The summed E-state index contributed by atoms with van der Waals surface area (Å²) in [5, 5.41) is 0. The number of benzene rings is 1. The van der Waals surface area contributed by atoms with Crippen LogP contribution in [0, 0.1) is 11.3 Å². The van der Waals surface area contributed by atoms with E-state index < -0.39 is 0 Å². The van der Waals surface area contributed by atoms with Crippen molar-refractivity contribution in [1.82, 2.24) is 4.90 Å². The first-order valence-corrected chi connectivity index (χ1v) is 11.8. The second-order valence-corrected chi connectivity index (χ2v) is 10.4. The van der Waals surface area contributed by atoms with Crippen LogP contribution in [0.2, 0.25) is 0 Å². The number of hydrogen-bond donors (Lipinski definition) is 0. The van der Waals surface area contributed by atoms with Crippen LogP contribution in [0.3, 0.4) is 0 Å². The van der Waals surface area contributed by atoms with Crippen molar-refractivity contribution in [2.24, 2.45) is 11.3 Å². The van der Waals surface area contributed by atoms with Crippen molar-refractivity contribution in [2.45, 2.75) is 91.1 Å². The minimum Gasteiger partial charge on any atom is -0.490 e. The number of rotatable bonds is 7. The molecule has 0 unspecified atom stereocenters. The van der Waals surface area contributed by atoms with Crippen molar-refractivity contribution < 1.29 is 9.53 Å². The van der Waals surface area contributed by atoms with Crippen LogP contribution < -0.4 is 4.74 Å². The maximum Gasteiger partial charge on any atom is 0.129 e. The molecule has 0 amide bonds. The summed E-state index contributed by atoms with van der Waals surface area (Å²) in [7, 11) is 0. The zero-order chi connectivity index (χ0) is 20.9. The topological polar surface area (TPSA) is 29.5 Å². The van der Waals surface area contributed by atoms with Gasteiger partial charge in [-0.2, -0.15) is 0 Å². The van der Waals surface area contributed by atoms with Gasteiger partial charge in [0.1, 0.15) is 11.5 Å². The highest BCUT2D eigenvalue weighted by molar-refractivity contribution is 5.75. The van der Waals surface area contributed by atoms with E-state index in [2.05, 4.69) is 49.9 Å². The second-order valence-electron chi connectivity index (χ2n) is 10.4. The fraction of sp³-hybridized carbons (Fsp3) is 0.731. The maximum absolute atomic E-state index is 11.1. The largest absolute Gasteiger partial charge is 0.490 e. The molecule has 0 N–H and O–H groups in total. The van der Waals surface area contributed by atoms with Crippen molar-refractivity contribution in [1.29, 1.82) is 0 Å². The molecule has 0 spiro atoms. The third-order valence-electron chi connectivity index (χ3n) is 7.14. The van der Waals surface area contributed by atoms with Gasteiger partial charge in [-0.1, -0.05) is 32.9 Å². The fourth-order valence-corrected chi connectivity index (χ4v) is 5.10. The number of likely N-dealkylation sites (tertiary alicyclic amines) is 1. The summed E-state index contributed by atoms with van der Waals surface area (Å²) in [5.74, 6) is 2.84. The molecule has 3 rings (SSSR count). The van der Waals surface area contributed by atoms with Gasteiger partial charge in [0.25, 0.3) is 0 Å². The van der Waals surface area contributed by atoms with Gasteiger partial charge in [-0.15, -0.1) is 0 Å². The molecule has 1 heterocycles. The first-order chi connectivity index (χ1) is 13.8. The van der Waals surface area contributed by atoms with Gasteiger partial charge in [0.15, 0.2) is 0 Å². The summed E-state index contributed by atoms with van der Waals surface area (Å²) >= 11 is 0.